The molecule has 3 aromatic rings. The third-order valence-electron chi connectivity index (χ3n) is 7.21. The van der Waals surface area contributed by atoms with Crippen LogP contribution in [0.15, 0.2) is 42.9 Å². The minimum atomic E-state index is -0.379. The zero-order valence-electron chi connectivity index (χ0n) is 21.2. The van der Waals surface area contributed by atoms with E-state index in [2.05, 4.69) is 74.4 Å². The molecule has 2 aromatic heterocycles. The van der Waals surface area contributed by atoms with Crippen LogP contribution in [-0.4, -0.2) is 64.9 Å². The summed E-state index contributed by atoms with van der Waals surface area (Å²) in [5.74, 6) is 0.958. The first-order chi connectivity index (χ1) is 17.6. The molecule has 2 aliphatic heterocycles. The highest BCUT2D eigenvalue weighted by atomic mass is 16.8. The molecule has 2 fully saturated rings. The number of aryl methyl sites for hydroxylation is 1. The van der Waals surface area contributed by atoms with E-state index >= 15 is 0 Å². The van der Waals surface area contributed by atoms with Gasteiger partial charge in [0.1, 0.15) is 0 Å². The summed E-state index contributed by atoms with van der Waals surface area (Å²) in [7, 11) is 4.33. The SMILES string of the molecule is CN(Cc1cn(C)c2ccccc12)CC1CCN(c2ncc(C(=O)NOC3CCCCO3)cn2)CC1. The van der Waals surface area contributed by atoms with E-state index < -0.39 is 0 Å². The van der Waals surface area contributed by atoms with Crippen molar-refractivity contribution in [3.8, 4) is 0 Å². The zero-order chi connectivity index (χ0) is 24.9. The Morgan fingerprint density at radius 1 is 1.17 bits per heavy atom. The smallest absolute Gasteiger partial charge is 0.278 e. The Balaban J connectivity index is 1.08. The normalized spacial score (nSPS) is 19.2. The Kier molecular flexibility index (Phi) is 7.79. The number of fused-ring (bicyclic) bond motifs is 1. The number of rotatable bonds is 8. The van der Waals surface area contributed by atoms with E-state index in [1.807, 2.05) is 0 Å². The fourth-order valence-electron chi connectivity index (χ4n) is 5.25. The van der Waals surface area contributed by atoms with Gasteiger partial charge in [-0.1, -0.05) is 18.2 Å². The summed E-state index contributed by atoms with van der Waals surface area (Å²) in [6, 6.07) is 8.60. The Bertz CT molecular complexity index is 1150. The summed E-state index contributed by atoms with van der Waals surface area (Å²) in [6.07, 6.45) is 10.0. The van der Waals surface area contributed by atoms with Gasteiger partial charge >= 0.3 is 0 Å². The number of piperidine rings is 1. The minimum absolute atomic E-state index is 0.358. The molecule has 0 aliphatic carbocycles. The van der Waals surface area contributed by atoms with Crippen LogP contribution in [0.3, 0.4) is 0 Å². The quantitative estimate of drug-likeness (QED) is 0.482. The maximum atomic E-state index is 12.3. The molecule has 5 rings (SSSR count). The molecule has 1 aromatic carbocycles. The Hall–Kier alpha value is -3.01. The van der Waals surface area contributed by atoms with Crippen LogP contribution in [0.4, 0.5) is 5.95 Å². The van der Waals surface area contributed by atoms with Gasteiger partial charge in [-0.05, 0) is 50.3 Å². The molecule has 9 heteroatoms. The number of anilines is 1. The molecule has 2 aliphatic rings. The maximum absolute atomic E-state index is 12.3. The molecule has 2 saturated heterocycles. The molecule has 0 spiro atoms. The van der Waals surface area contributed by atoms with Crippen LogP contribution < -0.4 is 10.4 Å². The van der Waals surface area contributed by atoms with Gasteiger partial charge in [-0.15, -0.1) is 0 Å². The van der Waals surface area contributed by atoms with Crippen LogP contribution in [0.5, 0.6) is 0 Å². The largest absolute Gasteiger partial charge is 0.350 e. The summed E-state index contributed by atoms with van der Waals surface area (Å²) < 4.78 is 7.68. The fraction of sp³-hybridized carbons (Fsp3) is 0.519. The first-order valence-electron chi connectivity index (χ1n) is 12.9. The highest BCUT2D eigenvalue weighted by molar-refractivity contribution is 5.92. The lowest BCUT2D eigenvalue weighted by Crippen LogP contribution is -2.38. The van der Waals surface area contributed by atoms with Gasteiger partial charge in [-0.3, -0.25) is 4.79 Å². The van der Waals surface area contributed by atoms with Gasteiger partial charge in [0, 0.05) is 75.7 Å². The molecule has 4 heterocycles. The molecule has 36 heavy (non-hydrogen) atoms. The third kappa shape index (κ3) is 5.86. The van der Waals surface area contributed by atoms with Gasteiger partial charge in [-0.2, -0.15) is 0 Å². The number of hydrogen-bond donors (Lipinski definition) is 1. The summed E-state index contributed by atoms with van der Waals surface area (Å²) in [6.45, 7) is 4.52. The van der Waals surface area contributed by atoms with Crippen LogP contribution in [0.25, 0.3) is 10.9 Å². The lowest BCUT2D eigenvalue weighted by Gasteiger charge is -2.33. The standard InChI is InChI=1S/C27H36N6O3/c1-31(18-22-19-32(2)24-8-4-3-7-23(22)24)17-20-10-12-33(13-11-20)27-28-15-21(16-29-27)26(34)30-36-25-9-5-6-14-35-25/h3-4,7-8,15-16,19-20,25H,5-6,9-14,17-18H2,1-2H3,(H,30,34). The van der Waals surface area contributed by atoms with Crippen LogP contribution in [-0.2, 0) is 23.2 Å². The molecule has 0 bridgehead atoms. The number of hydrogen-bond acceptors (Lipinski definition) is 7. The van der Waals surface area contributed by atoms with Crippen molar-refractivity contribution >= 4 is 22.8 Å². The van der Waals surface area contributed by atoms with E-state index in [1.54, 1.807) is 12.4 Å². The van der Waals surface area contributed by atoms with Crippen molar-refractivity contribution in [3.05, 3.63) is 54.0 Å². The second-order valence-corrected chi connectivity index (χ2v) is 10.0. The van der Waals surface area contributed by atoms with Crippen molar-refractivity contribution in [2.75, 3.05) is 38.2 Å². The third-order valence-corrected chi connectivity index (χ3v) is 7.21. The Morgan fingerprint density at radius 2 is 1.94 bits per heavy atom. The highest BCUT2D eigenvalue weighted by Crippen LogP contribution is 2.24. The molecular formula is C27H36N6O3. The molecule has 0 radical (unpaired) electrons. The van der Waals surface area contributed by atoms with Gasteiger partial charge in [0.05, 0.1) is 5.56 Å². The lowest BCUT2D eigenvalue weighted by atomic mass is 9.96. The summed E-state index contributed by atoms with van der Waals surface area (Å²) in [4.78, 5) is 31.2. The number of aromatic nitrogens is 3. The predicted octanol–water partition coefficient (Wildman–Crippen LogP) is 3.50. The highest BCUT2D eigenvalue weighted by Gasteiger charge is 2.23. The van der Waals surface area contributed by atoms with Crippen LogP contribution >= 0.6 is 0 Å². The number of carbonyl (C=O) groups excluding carboxylic acids is 1. The minimum Gasteiger partial charge on any atom is -0.350 e. The number of para-hydroxylation sites is 1. The average Bonchev–Trinajstić information content (AvgIpc) is 3.23. The van der Waals surface area contributed by atoms with E-state index in [0.29, 0.717) is 24.0 Å². The number of hydroxylamine groups is 1. The zero-order valence-corrected chi connectivity index (χ0v) is 21.2. The van der Waals surface area contributed by atoms with E-state index in [9.17, 15) is 4.79 Å². The summed E-state index contributed by atoms with van der Waals surface area (Å²) in [5.41, 5.74) is 5.49. The van der Waals surface area contributed by atoms with Crippen molar-refractivity contribution in [2.45, 2.75) is 44.9 Å². The van der Waals surface area contributed by atoms with Crippen LogP contribution in [0.1, 0.15) is 48.0 Å². The number of amides is 1. The molecule has 192 valence electrons. The van der Waals surface area contributed by atoms with Crippen molar-refractivity contribution in [1.29, 1.82) is 0 Å². The number of nitrogens with zero attached hydrogens (tertiary/aromatic N) is 5. The van der Waals surface area contributed by atoms with E-state index in [0.717, 1.165) is 58.3 Å². The van der Waals surface area contributed by atoms with Gasteiger partial charge in [0.2, 0.25) is 5.95 Å². The van der Waals surface area contributed by atoms with Crippen LogP contribution in [0, 0.1) is 5.92 Å². The number of benzene rings is 1. The monoisotopic (exact) mass is 492 g/mol. The lowest BCUT2D eigenvalue weighted by molar-refractivity contribution is -0.186. The van der Waals surface area contributed by atoms with Gasteiger partial charge < -0.3 is 19.1 Å². The van der Waals surface area contributed by atoms with Crippen molar-refractivity contribution < 1.29 is 14.4 Å². The maximum Gasteiger partial charge on any atom is 0.278 e. The fourth-order valence-corrected chi connectivity index (χ4v) is 5.25. The van der Waals surface area contributed by atoms with Gasteiger partial charge in [0.25, 0.3) is 5.91 Å². The number of carbonyl (C=O) groups is 1. The van der Waals surface area contributed by atoms with Crippen molar-refractivity contribution in [2.24, 2.45) is 13.0 Å². The topological polar surface area (TPSA) is 84.8 Å². The Morgan fingerprint density at radius 3 is 2.69 bits per heavy atom. The molecular weight excluding hydrogens is 456 g/mol. The van der Waals surface area contributed by atoms with Gasteiger partial charge in [-0.25, -0.2) is 20.3 Å². The number of nitrogens with one attached hydrogen (secondary N) is 1. The number of ether oxygens (including phenoxy) is 1. The molecule has 1 amide bonds. The van der Waals surface area contributed by atoms with Crippen molar-refractivity contribution in [3.63, 3.8) is 0 Å². The first kappa shape index (κ1) is 24.7. The van der Waals surface area contributed by atoms with Crippen LogP contribution in [0.2, 0.25) is 0 Å². The molecule has 9 nitrogen and oxygen atoms in total. The molecule has 1 atom stereocenters. The second kappa shape index (κ2) is 11.4. The average molecular weight is 493 g/mol. The van der Waals surface area contributed by atoms with Gasteiger partial charge in [0.15, 0.2) is 6.29 Å². The second-order valence-electron chi connectivity index (χ2n) is 10.0. The van der Waals surface area contributed by atoms with E-state index in [-0.39, 0.29) is 12.2 Å². The molecule has 1 unspecified atom stereocenters. The van der Waals surface area contributed by atoms with Crippen molar-refractivity contribution in [1.82, 2.24) is 24.9 Å². The molecule has 1 N–H and O–H groups in total. The predicted molar refractivity (Wildman–Crippen MR) is 138 cm³/mol. The first-order valence-corrected chi connectivity index (χ1v) is 12.9. The van der Waals surface area contributed by atoms with E-state index in [1.165, 1.54) is 16.5 Å². The summed E-state index contributed by atoms with van der Waals surface area (Å²) in [5, 5.41) is 1.34. The van der Waals surface area contributed by atoms with E-state index in [4.69, 9.17) is 9.57 Å². The molecule has 0 saturated carbocycles. The summed E-state index contributed by atoms with van der Waals surface area (Å²) >= 11 is 0. The Labute approximate surface area is 212 Å².